The zero-order valence-corrected chi connectivity index (χ0v) is 11.5. The van der Waals surface area contributed by atoms with Crippen LogP contribution in [0.4, 0.5) is 5.69 Å². The fraction of sp³-hybridized carbons (Fsp3) is 0.538. The highest BCUT2D eigenvalue weighted by atomic mass is 79.9. The maximum Gasteiger partial charge on any atom is 0.0386 e. The van der Waals surface area contributed by atoms with Crippen LogP contribution in [0.15, 0.2) is 28.7 Å². The summed E-state index contributed by atoms with van der Waals surface area (Å²) in [6.45, 7) is 7.91. The summed E-state index contributed by atoms with van der Waals surface area (Å²) in [4.78, 5) is 2.50. The fourth-order valence-electron chi connectivity index (χ4n) is 2.22. The summed E-state index contributed by atoms with van der Waals surface area (Å²) < 4.78 is 1.14. The molecule has 3 heteroatoms. The van der Waals surface area contributed by atoms with E-state index in [1.165, 1.54) is 5.69 Å². The molecule has 1 heterocycles. The first kappa shape index (κ1) is 11.9. The first-order chi connectivity index (χ1) is 7.66. The van der Waals surface area contributed by atoms with Crippen LogP contribution in [0.1, 0.15) is 13.8 Å². The zero-order valence-electron chi connectivity index (χ0n) is 9.91. The van der Waals surface area contributed by atoms with Crippen molar-refractivity contribution in [3.8, 4) is 0 Å². The quantitative estimate of drug-likeness (QED) is 0.852. The molecule has 0 saturated carbocycles. The summed E-state index contributed by atoms with van der Waals surface area (Å²) in [5, 5.41) is 3.51. The second kappa shape index (κ2) is 5.19. The van der Waals surface area contributed by atoms with E-state index < -0.39 is 0 Å². The van der Waals surface area contributed by atoms with Gasteiger partial charge < -0.3 is 10.2 Å². The highest BCUT2D eigenvalue weighted by molar-refractivity contribution is 9.10. The van der Waals surface area contributed by atoms with Crippen molar-refractivity contribution in [1.82, 2.24) is 5.32 Å². The highest BCUT2D eigenvalue weighted by Crippen LogP contribution is 2.22. The van der Waals surface area contributed by atoms with Gasteiger partial charge in [0, 0.05) is 29.3 Å². The first-order valence-electron chi connectivity index (χ1n) is 5.89. The van der Waals surface area contributed by atoms with Gasteiger partial charge in [0.25, 0.3) is 0 Å². The van der Waals surface area contributed by atoms with E-state index in [4.69, 9.17) is 0 Å². The third kappa shape index (κ3) is 2.77. The maximum absolute atomic E-state index is 3.51. The molecule has 1 N–H and O–H groups in total. The van der Waals surface area contributed by atoms with Gasteiger partial charge in [0.1, 0.15) is 0 Å². The lowest BCUT2D eigenvalue weighted by Gasteiger charge is -2.30. The van der Waals surface area contributed by atoms with Gasteiger partial charge in [-0.15, -0.1) is 0 Å². The van der Waals surface area contributed by atoms with E-state index in [0.29, 0.717) is 12.0 Å². The molecule has 1 fully saturated rings. The molecular formula is C13H19BrN2. The minimum absolute atomic E-state index is 0.561. The molecule has 88 valence electrons. The topological polar surface area (TPSA) is 15.3 Å². The van der Waals surface area contributed by atoms with Gasteiger partial charge in [0.15, 0.2) is 0 Å². The van der Waals surface area contributed by atoms with Crippen molar-refractivity contribution in [3.05, 3.63) is 28.7 Å². The van der Waals surface area contributed by atoms with Gasteiger partial charge in [-0.3, -0.25) is 0 Å². The van der Waals surface area contributed by atoms with Crippen molar-refractivity contribution in [1.29, 1.82) is 0 Å². The normalized spacial score (nSPS) is 26.6. The molecule has 1 saturated heterocycles. The summed E-state index contributed by atoms with van der Waals surface area (Å²) in [5.41, 5.74) is 1.33. The number of hydrogen-bond donors (Lipinski definition) is 1. The largest absolute Gasteiger partial charge is 0.367 e. The molecule has 0 bridgehead atoms. The number of anilines is 1. The number of nitrogens with zero attached hydrogens (tertiary/aromatic N) is 1. The third-order valence-corrected chi connectivity index (χ3v) is 3.66. The van der Waals surface area contributed by atoms with Gasteiger partial charge in [0.2, 0.25) is 0 Å². The number of rotatable bonds is 1. The molecule has 0 aromatic heterocycles. The molecule has 1 aromatic carbocycles. The van der Waals surface area contributed by atoms with Gasteiger partial charge in [-0.2, -0.15) is 0 Å². The van der Waals surface area contributed by atoms with Crippen molar-refractivity contribution < 1.29 is 0 Å². The van der Waals surface area contributed by atoms with Crippen LogP contribution in [-0.2, 0) is 0 Å². The molecular weight excluding hydrogens is 264 g/mol. The Kier molecular flexibility index (Phi) is 3.87. The van der Waals surface area contributed by atoms with Gasteiger partial charge >= 0.3 is 0 Å². The summed E-state index contributed by atoms with van der Waals surface area (Å²) >= 11 is 3.48. The van der Waals surface area contributed by atoms with Crippen LogP contribution in [0.3, 0.4) is 0 Å². The van der Waals surface area contributed by atoms with E-state index in [-0.39, 0.29) is 0 Å². The lowest BCUT2D eigenvalue weighted by Crippen LogP contribution is -2.37. The Morgan fingerprint density at radius 2 is 1.88 bits per heavy atom. The van der Waals surface area contributed by atoms with Crippen molar-refractivity contribution in [2.45, 2.75) is 19.9 Å². The second-order valence-corrected chi connectivity index (χ2v) is 5.66. The smallest absolute Gasteiger partial charge is 0.0386 e. The van der Waals surface area contributed by atoms with Crippen LogP contribution >= 0.6 is 15.9 Å². The minimum Gasteiger partial charge on any atom is -0.367 e. The van der Waals surface area contributed by atoms with Crippen LogP contribution < -0.4 is 10.2 Å². The Morgan fingerprint density at radius 3 is 2.56 bits per heavy atom. The molecule has 2 nitrogen and oxygen atoms in total. The molecule has 2 atom stereocenters. The Morgan fingerprint density at radius 1 is 1.19 bits per heavy atom. The first-order valence-corrected chi connectivity index (χ1v) is 6.69. The zero-order chi connectivity index (χ0) is 11.5. The Labute approximate surface area is 106 Å². The molecule has 0 radical (unpaired) electrons. The molecule has 0 aliphatic carbocycles. The van der Waals surface area contributed by atoms with Crippen LogP contribution in [0, 0.1) is 5.92 Å². The summed E-state index contributed by atoms with van der Waals surface area (Å²) in [6, 6.07) is 9.18. The molecule has 2 unspecified atom stereocenters. The Hall–Kier alpha value is -0.540. The van der Waals surface area contributed by atoms with E-state index in [1.54, 1.807) is 0 Å². The van der Waals surface area contributed by atoms with Crippen LogP contribution in [0.2, 0.25) is 0 Å². The van der Waals surface area contributed by atoms with Crippen LogP contribution in [-0.4, -0.2) is 25.7 Å². The summed E-state index contributed by atoms with van der Waals surface area (Å²) in [6.07, 6.45) is 0. The van der Waals surface area contributed by atoms with Crippen LogP contribution in [0.5, 0.6) is 0 Å². The van der Waals surface area contributed by atoms with Gasteiger partial charge in [-0.25, -0.2) is 0 Å². The molecule has 1 aromatic rings. The van der Waals surface area contributed by atoms with Crippen molar-refractivity contribution in [3.63, 3.8) is 0 Å². The Bertz CT molecular complexity index is 336. The average Bonchev–Trinajstić information content (AvgIpc) is 2.42. The van der Waals surface area contributed by atoms with E-state index in [2.05, 4.69) is 64.3 Å². The highest BCUT2D eigenvalue weighted by Gasteiger charge is 2.20. The van der Waals surface area contributed by atoms with Crippen molar-refractivity contribution >= 4 is 21.6 Å². The predicted octanol–water partition coefficient (Wildman–Crippen LogP) is 2.88. The van der Waals surface area contributed by atoms with E-state index in [9.17, 15) is 0 Å². The van der Waals surface area contributed by atoms with Crippen LogP contribution in [0.25, 0.3) is 0 Å². The molecule has 16 heavy (non-hydrogen) atoms. The standard InChI is InChI=1S/C13H19BrN2/c1-10-7-15-8-11(2)16(9-10)13-5-3-12(14)4-6-13/h3-6,10-11,15H,7-9H2,1-2H3. The lowest BCUT2D eigenvalue weighted by molar-refractivity contribution is 0.564. The molecule has 1 aliphatic rings. The fourth-order valence-corrected chi connectivity index (χ4v) is 2.49. The second-order valence-electron chi connectivity index (χ2n) is 4.74. The number of benzene rings is 1. The average molecular weight is 283 g/mol. The predicted molar refractivity (Wildman–Crippen MR) is 73.0 cm³/mol. The molecule has 0 amide bonds. The third-order valence-electron chi connectivity index (χ3n) is 3.13. The molecule has 1 aliphatic heterocycles. The SMILES string of the molecule is CC1CNCC(C)N(c2ccc(Br)cc2)C1. The van der Waals surface area contributed by atoms with E-state index >= 15 is 0 Å². The van der Waals surface area contributed by atoms with E-state index in [0.717, 1.165) is 24.1 Å². The van der Waals surface area contributed by atoms with Gasteiger partial charge in [0.05, 0.1) is 0 Å². The maximum atomic E-state index is 3.51. The molecule has 2 rings (SSSR count). The number of nitrogens with one attached hydrogen (secondary N) is 1. The molecule has 0 spiro atoms. The Balaban J connectivity index is 2.19. The van der Waals surface area contributed by atoms with Gasteiger partial charge in [-0.1, -0.05) is 22.9 Å². The van der Waals surface area contributed by atoms with Crippen molar-refractivity contribution in [2.24, 2.45) is 5.92 Å². The van der Waals surface area contributed by atoms with Gasteiger partial charge in [-0.05, 0) is 43.7 Å². The number of halogens is 1. The number of hydrogen-bond acceptors (Lipinski definition) is 2. The van der Waals surface area contributed by atoms with Crippen molar-refractivity contribution in [2.75, 3.05) is 24.5 Å². The summed E-state index contributed by atoms with van der Waals surface area (Å²) in [7, 11) is 0. The van der Waals surface area contributed by atoms with E-state index in [1.807, 2.05) is 0 Å². The lowest BCUT2D eigenvalue weighted by atomic mass is 10.1. The monoisotopic (exact) mass is 282 g/mol. The minimum atomic E-state index is 0.561. The summed E-state index contributed by atoms with van der Waals surface area (Å²) in [5.74, 6) is 0.702.